The second-order valence-electron chi connectivity index (χ2n) is 8.42. The number of ether oxygens (including phenoxy) is 1. The van der Waals surface area contributed by atoms with E-state index in [1.807, 2.05) is 61.5 Å². The molecule has 0 saturated heterocycles. The van der Waals surface area contributed by atoms with Crippen LogP contribution >= 0.6 is 15.9 Å². The minimum Gasteiger partial charge on any atom is -0.478 e. The van der Waals surface area contributed by atoms with E-state index < -0.39 is 5.60 Å². The first-order chi connectivity index (χ1) is 15.1. The molecule has 0 spiro atoms. The molecule has 164 valence electrons. The molecule has 1 aromatic heterocycles. The first kappa shape index (κ1) is 22.1. The molecule has 1 amide bonds. The van der Waals surface area contributed by atoms with Gasteiger partial charge in [-0.1, -0.05) is 22.0 Å². The summed E-state index contributed by atoms with van der Waals surface area (Å²) in [6.07, 6.45) is 0. The number of aromatic nitrogens is 1. The van der Waals surface area contributed by atoms with Crippen molar-refractivity contribution < 1.29 is 13.9 Å². The average molecular weight is 493 g/mol. The Bertz CT molecular complexity index is 1270. The van der Waals surface area contributed by atoms with E-state index in [0.29, 0.717) is 17.3 Å². The van der Waals surface area contributed by atoms with Crippen molar-refractivity contribution in [1.29, 1.82) is 0 Å². The molecule has 0 aliphatic rings. The number of oxazole rings is 1. The third-order valence-corrected chi connectivity index (χ3v) is 6.08. The van der Waals surface area contributed by atoms with Gasteiger partial charge < -0.3 is 14.5 Å². The van der Waals surface area contributed by atoms with E-state index in [0.717, 1.165) is 32.3 Å². The van der Waals surface area contributed by atoms with Gasteiger partial charge in [0.1, 0.15) is 11.3 Å². The van der Waals surface area contributed by atoms with Crippen LogP contribution < -0.4 is 10.1 Å². The molecule has 0 saturated carbocycles. The molecule has 5 nitrogen and oxygen atoms in total. The van der Waals surface area contributed by atoms with Gasteiger partial charge in [0, 0.05) is 15.7 Å². The lowest BCUT2D eigenvalue weighted by Crippen LogP contribution is -2.42. The van der Waals surface area contributed by atoms with Crippen molar-refractivity contribution in [2.45, 2.75) is 40.2 Å². The lowest BCUT2D eigenvalue weighted by molar-refractivity contribution is -0.128. The molecule has 0 aliphatic carbocycles. The number of rotatable bonds is 5. The summed E-state index contributed by atoms with van der Waals surface area (Å²) in [4.78, 5) is 17.7. The number of carbonyl (C=O) groups excluding carboxylic acids is 1. The van der Waals surface area contributed by atoms with Crippen LogP contribution in [0.2, 0.25) is 0 Å². The van der Waals surface area contributed by atoms with Gasteiger partial charge in [-0.15, -0.1) is 0 Å². The standard InChI is InChI=1S/C26H25BrN2O3/c1-15-13-22-23(14-16(15)2)31-24(28-22)20-7-6-8-21(17(20)3)29-25(30)26(4,5)32-19-11-9-18(27)10-12-19/h6-14H,1-5H3,(H,29,30). The number of nitrogens with one attached hydrogen (secondary N) is 1. The van der Waals surface area contributed by atoms with Gasteiger partial charge in [0.25, 0.3) is 5.91 Å². The predicted octanol–water partition coefficient (Wildman–Crippen LogP) is 6.98. The zero-order valence-corrected chi connectivity index (χ0v) is 20.3. The third kappa shape index (κ3) is 4.41. The number of halogens is 1. The fraction of sp³-hybridized carbons (Fsp3) is 0.231. The molecule has 0 unspecified atom stereocenters. The Morgan fingerprint density at radius 3 is 2.44 bits per heavy atom. The summed E-state index contributed by atoms with van der Waals surface area (Å²) in [5.74, 6) is 0.907. The molecule has 0 atom stereocenters. The molecule has 0 fully saturated rings. The van der Waals surface area contributed by atoms with Gasteiger partial charge in [-0.05, 0) is 99.8 Å². The normalized spacial score (nSPS) is 11.6. The van der Waals surface area contributed by atoms with Gasteiger partial charge in [-0.3, -0.25) is 4.79 Å². The first-order valence-corrected chi connectivity index (χ1v) is 11.2. The molecule has 0 bridgehead atoms. The zero-order valence-electron chi connectivity index (χ0n) is 18.7. The van der Waals surface area contributed by atoms with E-state index in [-0.39, 0.29) is 5.91 Å². The summed E-state index contributed by atoms with van der Waals surface area (Å²) < 4.78 is 12.9. The van der Waals surface area contributed by atoms with Crippen LogP contribution in [0.5, 0.6) is 5.75 Å². The Kier molecular flexibility index (Phi) is 5.82. The second-order valence-corrected chi connectivity index (χ2v) is 9.34. The monoisotopic (exact) mass is 492 g/mol. The smallest absolute Gasteiger partial charge is 0.267 e. The van der Waals surface area contributed by atoms with Crippen molar-refractivity contribution in [3.63, 3.8) is 0 Å². The quantitative estimate of drug-likeness (QED) is 0.326. The van der Waals surface area contributed by atoms with Gasteiger partial charge in [-0.2, -0.15) is 0 Å². The molecule has 4 rings (SSSR count). The van der Waals surface area contributed by atoms with E-state index in [9.17, 15) is 4.79 Å². The molecule has 32 heavy (non-hydrogen) atoms. The minimum absolute atomic E-state index is 0.246. The summed E-state index contributed by atoms with van der Waals surface area (Å²) in [5.41, 5.74) is 5.23. The van der Waals surface area contributed by atoms with Gasteiger partial charge in [-0.25, -0.2) is 4.98 Å². The van der Waals surface area contributed by atoms with Crippen molar-refractivity contribution in [3.05, 3.63) is 75.8 Å². The lowest BCUT2D eigenvalue weighted by atomic mass is 10.0. The Labute approximate surface area is 195 Å². The molecule has 3 aromatic carbocycles. The number of nitrogens with zero attached hydrogens (tertiary/aromatic N) is 1. The van der Waals surface area contributed by atoms with E-state index in [2.05, 4.69) is 40.1 Å². The van der Waals surface area contributed by atoms with Gasteiger partial charge >= 0.3 is 0 Å². The van der Waals surface area contributed by atoms with Crippen LogP contribution in [0.15, 0.2) is 63.5 Å². The van der Waals surface area contributed by atoms with Crippen LogP contribution in [0.1, 0.15) is 30.5 Å². The average Bonchev–Trinajstić information content (AvgIpc) is 3.13. The Morgan fingerprint density at radius 1 is 1.03 bits per heavy atom. The number of amides is 1. The molecule has 0 radical (unpaired) electrons. The fourth-order valence-electron chi connectivity index (χ4n) is 3.41. The van der Waals surface area contributed by atoms with Crippen LogP contribution in [0.4, 0.5) is 5.69 Å². The fourth-order valence-corrected chi connectivity index (χ4v) is 3.68. The van der Waals surface area contributed by atoms with Crippen LogP contribution in [0.3, 0.4) is 0 Å². The molecule has 1 N–H and O–H groups in total. The van der Waals surface area contributed by atoms with Crippen LogP contribution in [-0.2, 0) is 4.79 Å². The van der Waals surface area contributed by atoms with Crippen LogP contribution in [0.25, 0.3) is 22.6 Å². The largest absolute Gasteiger partial charge is 0.478 e. The lowest BCUT2D eigenvalue weighted by Gasteiger charge is -2.26. The zero-order chi connectivity index (χ0) is 23.0. The number of carbonyl (C=O) groups is 1. The molecular formula is C26H25BrN2O3. The highest BCUT2D eigenvalue weighted by molar-refractivity contribution is 9.10. The maximum absolute atomic E-state index is 13.0. The summed E-state index contributed by atoms with van der Waals surface area (Å²) >= 11 is 3.40. The Morgan fingerprint density at radius 2 is 1.72 bits per heavy atom. The van der Waals surface area contributed by atoms with E-state index >= 15 is 0 Å². The highest BCUT2D eigenvalue weighted by Crippen LogP contribution is 2.32. The second kappa shape index (κ2) is 8.43. The summed E-state index contributed by atoms with van der Waals surface area (Å²) in [5, 5.41) is 3.00. The minimum atomic E-state index is -1.07. The molecular weight excluding hydrogens is 468 g/mol. The number of hydrogen-bond acceptors (Lipinski definition) is 4. The van der Waals surface area contributed by atoms with Gasteiger partial charge in [0.05, 0.1) is 0 Å². The summed E-state index contributed by atoms with van der Waals surface area (Å²) in [6.45, 7) is 9.54. The molecule has 4 aromatic rings. The Balaban J connectivity index is 1.59. The van der Waals surface area contributed by atoms with Crippen molar-refractivity contribution >= 4 is 38.6 Å². The van der Waals surface area contributed by atoms with E-state index in [1.165, 1.54) is 5.56 Å². The first-order valence-electron chi connectivity index (χ1n) is 10.4. The van der Waals surface area contributed by atoms with Crippen molar-refractivity contribution in [2.75, 3.05) is 5.32 Å². The number of anilines is 1. The number of aryl methyl sites for hydroxylation is 2. The van der Waals surface area contributed by atoms with Gasteiger partial charge in [0.2, 0.25) is 5.89 Å². The number of hydrogen-bond donors (Lipinski definition) is 1. The van der Waals surface area contributed by atoms with Crippen LogP contribution in [0, 0.1) is 20.8 Å². The van der Waals surface area contributed by atoms with Crippen molar-refractivity contribution in [2.24, 2.45) is 0 Å². The highest BCUT2D eigenvalue weighted by Gasteiger charge is 2.30. The summed E-state index contributed by atoms with van der Waals surface area (Å²) in [7, 11) is 0. The predicted molar refractivity (Wildman–Crippen MR) is 131 cm³/mol. The van der Waals surface area contributed by atoms with Gasteiger partial charge in [0.15, 0.2) is 11.2 Å². The van der Waals surface area contributed by atoms with E-state index in [4.69, 9.17) is 9.15 Å². The molecule has 1 heterocycles. The third-order valence-electron chi connectivity index (χ3n) is 5.55. The number of fused-ring (bicyclic) bond motifs is 1. The van der Waals surface area contributed by atoms with E-state index in [1.54, 1.807) is 13.8 Å². The number of benzene rings is 3. The van der Waals surface area contributed by atoms with Crippen molar-refractivity contribution in [1.82, 2.24) is 4.98 Å². The molecule has 0 aliphatic heterocycles. The topological polar surface area (TPSA) is 64.4 Å². The van der Waals surface area contributed by atoms with Crippen molar-refractivity contribution in [3.8, 4) is 17.2 Å². The maximum Gasteiger partial charge on any atom is 0.267 e. The SMILES string of the molecule is Cc1cc2nc(-c3cccc(NC(=O)C(C)(C)Oc4ccc(Br)cc4)c3C)oc2cc1C. The molecule has 6 heteroatoms. The summed E-state index contributed by atoms with van der Waals surface area (Å²) in [6, 6.07) is 17.1. The Hall–Kier alpha value is -3.12. The maximum atomic E-state index is 13.0. The highest BCUT2D eigenvalue weighted by atomic mass is 79.9. The van der Waals surface area contributed by atoms with Crippen LogP contribution in [-0.4, -0.2) is 16.5 Å².